The van der Waals surface area contributed by atoms with Crippen LogP contribution >= 0.6 is 0 Å². The van der Waals surface area contributed by atoms with Gasteiger partial charge in [0.25, 0.3) is 0 Å². The molecule has 0 saturated heterocycles. The van der Waals surface area contributed by atoms with Crippen molar-refractivity contribution < 1.29 is 14.3 Å². The average molecular weight is 272 g/mol. The van der Waals surface area contributed by atoms with Gasteiger partial charge in [0.15, 0.2) is 11.6 Å². The lowest BCUT2D eigenvalue weighted by Gasteiger charge is -2.34. The van der Waals surface area contributed by atoms with Crippen molar-refractivity contribution in [3.63, 3.8) is 0 Å². The van der Waals surface area contributed by atoms with E-state index >= 15 is 0 Å². The highest BCUT2D eigenvalue weighted by Gasteiger charge is 2.35. The molecule has 1 aliphatic rings. The molecule has 0 saturated carbocycles. The molecule has 106 valence electrons. The summed E-state index contributed by atoms with van der Waals surface area (Å²) in [4.78, 5) is 12.5. The summed E-state index contributed by atoms with van der Waals surface area (Å²) >= 11 is 0. The molecule has 0 bridgehead atoms. The summed E-state index contributed by atoms with van der Waals surface area (Å²) in [6, 6.07) is 7.61. The van der Waals surface area contributed by atoms with E-state index in [0.29, 0.717) is 11.1 Å². The van der Waals surface area contributed by atoms with Gasteiger partial charge in [0.05, 0.1) is 0 Å². The van der Waals surface area contributed by atoms with Crippen LogP contribution in [0.2, 0.25) is 0 Å². The summed E-state index contributed by atoms with van der Waals surface area (Å²) in [7, 11) is 3.21. The number of allylic oxidation sites excluding steroid dienone is 2. The summed E-state index contributed by atoms with van der Waals surface area (Å²) in [5.41, 5.74) is 2.45. The SMILES string of the molecule is COC1(OC)C=CC(C(=O)c2cccc(C)c2)=CC1C. The fourth-order valence-electron chi connectivity index (χ4n) is 2.49. The third-order valence-electron chi connectivity index (χ3n) is 3.74. The van der Waals surface area contributed by atoms with Crippen LogP contribution < -0.4 is 0 Å². The molecule has 0 heterocycles. The Morgan fingerprint density at radius 2 is 1.95 bits per heavy atom. The number of hydrogen-bond acceptors (Lipinski definition) is 3. The van der Waals surface area contributed by atoms with Gasteiger partial charge < -0.3 is 9.47 Å². The number of methoxy groups -OCH3 is 2. The third-order valence-corrected chi connectivity index (χ3v) is 3.74. The molecule has 0 aromatic heterocycles. The summed E-state index contributed by atoms with van der Waals surface area (Å²) < 4.78 is 10.9. The quantitative estimate of drug-likeness (QED) is 0.623. The molecule has 0 N–H and O–H groups in total. The van der Waals surface area contributed by atoms with E-state index in [0.717, 1.165) is 5.56 Å². The van der Waals surface area contributed by atoms with Crippen LogP contribution in [0.1, 0.15) is 22.8 Å². The molecule has 3 heteroatoms. The van der Waals surface area contributed by atoms with E-state index in [1.807, 2.05) is 44.2 Å². The monoisotopic (exact) mass is 272 g/mol. The van der Waals surface area contributed by atoms with Crippen LogP contribution in [-0.4, -0.2) is 25.8 Å². The van der Waals surface area contributed by atoms with Gasteiger partial charge in [0.2, 0.25) is 0 Å². The van der Waals surface area contributed by atoms with Crippen LogP contribution in [0.3, 0.4) is 0 Å². The van der Waals surface area contributed by atoms with Gasteiger partial charge in [-0.15, -0.1) is 0 Å². The number of Topliss-reactive ketones (excluding diaryl/α,β-unsaturated/α-hetero) is 1. The molecule has 3 nitrogen and oxygen atoms in total. The molecule has 0 radical (unpaired) electrons. The summed E-state index contributed by atoms with van der Waals surface area (Å²) in [5.74, 6) is -0.792. The summed E-state index contributed by atoms with van der Waals surface area (Å²) in [5, 5.41) is 0. The fourth-order valence-corrected chi connectivity index (χ4v) is 2.49. The third kappa shape index (κ3) is 2.60. The van der Waals surface area contributed by atoms with Crippen LogP contribution in [0.4, 0.5) is 0 Å². The van der Waals surface area contributed by atoms with Crippen molar-refractivity contribution in [2.45, 2.75) is 19.6 Å². The summed E-state index contributed by atoms with van der Waals surface area (Å²) in [6.07, 6.45) is 5.48. The zero-order chi connectivity index (χ0) is 14.8. The van der Waals surface area contributed by atoms with Gasteiger partial charge in [0, 0.05) is 31.3 Å². The minimum atomic E-state index is -0.781. The van der Waals surface area contributed by atoms with Gasteiger partial charge >= 0.3 is 0 Å². The van der Waals surface area contributed by atoms with E-state index in [-0.39, 0.29) is 11.7 Å². The maximum atomic E-state index is 12.5. The van der Waals surface area contributed by atoms with E-state index in [2.05, 4.69) is 0 Å². The lowest BCUT2D eigenvalue weighted by atomic mass is 9.88. The Morgan fingerprint density at radius 3 is 2.50 bits per heavy atom. The molecule has 0 aliphatic heterocycles. The number of carbonyl (C=O) groups excluding carboxylic acids is 1. The first kappa shape index (κ1) is 14.7. The maximum Gasteiger partial charge on any atom is 0.193 e. The molecule has 1 unspecified atom stereocenters. The number of ketones is 1. The highest BCUT2D eigenvalue weighted by atomic mass is 16.7. The fraction of sp³-hybridized carbons (Fsp3) is 0.353. The van der Waals surface area contributed by atoms with Gasteiger partial charge in [0.1, 0.15) is 0 Å². The topological polar surface area (TPSA) is 35.5 Å². The maximum absolute atomic E-state index is 12.5. The molecule has 0 fully saturated rings. The highest BCUT2D eigenvalue weighted by Crippen LogP contribution is 2.31. The Hall–Kier alpha value is -1.71. The standard InChI is InChI=1S/C17H20O3/c1-12-6-5-7-14(10-12)16(18)15-8-9-17(19-3,20-4)13(2)11-15/h5-11,13H,1-4H3. The second-order valence-electron chi connectivity index (χ2n) is 5.07. The first-order valence-corrected chi connectivity index (χ1v) is 6.65. The van der Waals surface area contributed by atoms with Crippen molar-refractivity contribution in [3.8, 4) is 0 Å². The van der Waals surface area contributed by atoms with Crippen LogP contribution in [-0.2, 0) is 9.47 Å². The Kier molecular flexibility index (Phi) is 4.21. The number of ether oxygens (including phenoxy) is 2. The van der Waals surface area contributed by atoms with Crippen molar-refractivity contribution in [1.29, 1.82) is 0 Å². The van der Waals surface area contributed by atoms with E-state index in [1.165, 1.54) is 0 Å². The number of rotatable bonds is 4. The lowest BCUT2D eigenvalue weighted by Crippen LogP contribution is -2.39. The Labute approximate surface area is 119 Å². The average Bonchev–Trinajstić information content (AvgIpc) is 2.47. The molecule has 20 heavy (non-hydrogen) atoms. The van der Waals surface area contributed by atoms with E-state index in [9.17, 15) is 4.79 Å². The highest BCUT2D eigenvalue weighted by molar-refractivity contribution is 6.10. The number of aryl methyl sites for hydroxylation is 1. The predicted molar refractivity (Wildman–Crippen MR) is 78.6 cm³/mol. The van der Waals surface area contributed by atoms with E-state index in [1.54, 1.807) is 26.4 Å². The molecule has 1 aromatic carbocycles. The minimum absolute atomic E-state index is 0.0256. The van der Waals surface area contributed by atoms with Gasteiger partial charge in [-0.05, 0) is 19.1 Å². The zero-order valence-electron chi connectivity index (χ0n) is 12.3. The van der Waals surface area contributed by atoms with Crippen LogP contribution in [0.5, 0.6) is 0 Å². The first-order chi connectivity index (χ1) is 9.52. The Balaban J connectivity index is 2.28. The molecular weight excluding hydrogens is 252 g/mol. The number of carbonyl (C=O) groups is 1. The molecule has 1 aliphatic carbocycles. The zero-order valence-corrected chi connectivity index (χ0v) is 12.3. The Bertz CT molecular complexity index is 565. The van der Waals surface area contributed by atoms with Gasteiger partial charge in [-0.25, -0.2) is 0 Å². The predicted octanol–water partition coefficient (Wildman–Crippen LogP) is 3.30. The number of benzene rings is 1. The second-order valence-corrected chi connectivity index (χ2v) is 5.07. The van der Waals surface area contributed by atoms with Crippen molar-refractivity contribution in [2.24, 2.45) is 5.92 Å². The summed E-state index contributed by atoms with van der Waals surface area (Å²) in [6.45, 7) is 3.95. The van der Waals surface area contributed by atoms with Crippen LogP contribution in [0.15, 0.2) is 48.1 Å². The molecule has 0 amide bonds. The molecule has 0 spiro atoms. The van der Waals surface area contributed by atoms with Gasteiger partial charge in [-0.3, -0.25) is 4.79 Å². The lowest BCUT2D eigenvalue weighted by molar-refractivity contribution is -0.191. The number of hydrogen-bond donors (Lipinski definition) is 0. The van der Waals surface area contributed by atoms with Crippen molar-refractivity contribution in [3.05, 3.63) is 59.2 Å². The van der Waals surface area contributed by atoms with E-state index in [4.69, 9.17) is 9.47 Å². The van der Waals surface area contributed by atoms with Gasteiger partial charge in [-0.1, -0.05) is 42.8 Å². The van der Waals surface area contributed by atoms with Crippen molar-refractivity contribution >= 4 is 5.78 Å². The molecule has 2 rings (SSSR count). The normalized spacial score (nSPS) is 20.6. The second kappa shape index (κ2) is 5.73. The van der Waals surface area contributed by atoms with Crippen LogP contribution in [0, 0.1) is 12.8 Å². The first-order valence-electron chi connectivity index (χ1n) is 6.65. The van der Waals surface area contributed by atoms with Crippen molar-refractivity contribution in [2.75, 3.05) is 14.2 Å². The largest absolute Gasteiger partial charge is 0.349 e. The Morgan fingerprint density at radius 1 is 1.25 bits per heavy atom. The molecule has 1 atom stereocenters. The smallest absolute Gasteiger partial charge is 0.193 e. The minimum Gasteiger partial charge on any atom is -0.349 e. The van der Waals surface area contributed by atoms with E-state index < -0.39 is 5.79 Å². The molecule has 1 aromatic rings. The van der Waals surface area contributed by atoms with Gasteiger partial charge in [-0.2, -0.15) is 0 Å². The van der Waals surface area contributed by atoms with Crippen molar-refractivity contribution in [1.82, 2.24) is 0 Å². The van der Waals surface area contributed by atoms with Crippen LogP contribution in [0.25, 0.3) is 0 Å². The molecular formula is C17H20O3.